The summed E-state index contributed by atoms with van der Waals surface area (Å²) in [4.78, 5) is 10.7. The van der Waals surface area contributed by atoms with Crippen LogP contribution in [0.5, 0.6) is 5.75 Å². The summed E-state index contributed by atoms with van der Waals surface area (Å²) >= 11 is 6.06. The Balaban J connectivity index is 1.60. The Morgan fingerprint density at radius 2 is 2.09 bits per heavy atom. The van der Waals surface area contributed by atoms with Crippen molar-refractivity contribution in [3.05, 3.63) is 47.1 Å². The Morgan fingerprint density at radius 3 is 2.82 bits per heavy atom. The zero-order valence-corrected chi connectivity index (χ0v) is 13.1. The second-order valence-corrected chi connectivity index (χ2v) is 5.77. The van der Waals surface area contributed by atoms with E-state index < -0.39 is 0 Å². The van der Waals surface area contributed by atoms with E-state index in [0.717, 1.165) is 24.5 Å². The summed E-state index contributed by atoms with van der Waals surface area (Å²) in [6.45, 7) is 0.934. The lowest BCUT2D eigenvalue weighted by atomic mass is 10.3. The van der Waals surface area contributed by atoms with Gasteiger partial charge in [-0.25, -0.2) is 14.4 Å². The molecule has 1 aliphatic carbocycles. The highest BCUT2D eigenvalue weighted by Gasteiger charge is 2.27. The molecule has 0 unspecified atom stereocenters. The average Bonchev–Trinajstić information content (AvgIpc) is 3.33. The van der Waals surface area contributed by atoms with E-state index in [0.29, 0.717) is 24.2 Å². The highest BCUT2D eigenvalue weighted by atomic mass is 35.5. The fraction of sp³-hybridized carbons (Fsp3) is 0.375. The van der Waals surface area contributed by atoms with Crippen LogP contribution in [0.1, 0.15) is 24.6 Å². The summed E-state index contributed by atoms with van der Waals surface area (Å²) in [6.07, 6.45) is 2.25. The molecule has 0 spiro atoms. The number of halogens is 2. The van der Waals surface area contributed by atoms with Gasteiger partial charge in [0.2, 0.25) is 0 Å². The molecule has 2 aromatic rings. The van der Waals surface area contributed by atoms with Crippen LogP contribution in [-0.2, 0) is 0 Å². The van der Waals surface area contributed by atoms with Crippen molar-refractivity contribution >= 4 is 17.4 Å². The zero-order chi connectivity index (χ0) is 15.5. The molecule has 1 aliphatic rings. The van der Waals surface area contributed by atoms with Gasteiger partial charge in [-0.3, -0.25) is 0 Å². The molecule has 4 nitrogen and oxygen atoms in total. The van der Waals surface area contributed by atoms with Crippen LogP contribution in [0.25, 0.3) is 0 Å². The van der Waals surface area contributed by atoms with Crippen molar-refractivity contribution in [1.82, 2.24) is 9.97 Å². The smallest absolute Gasteiger partial charge is 0.165 e. The molecule has 1 saturated carbocycles. The highest BCUT2D eigenvalue weighted by Crippen LogP contribution is 2.39. The van der Waals surface area contributed by atoms with E-state index in [4.69, 9.17) is 16.3 Å². The Hall–Kier alpha value is -1.88. The summed E-state index contributed by atoms with van der Waals surface area (Å²) < 4.78 is 18.9. The first kappa shape index (κ1) is 15.0. The van der Waals surface area contributed by atoms with Gasteiger partial charge in [0, 0.05) is 19.0 Å². The second-order valence-electron chi connectivity index (χ2n) is 5.38. The van der Waals surface area contributed by atoms with Gasteiger partial charge in [0.25, 0.3) is 0 Å². The number of hydrogen-bond acceptors (Lipinski definition) is 4. The SMILES string of the molecule is CN(CCOc1ccccc1F)c1cc(Cl)nc(C2CC2)n1. The Morgan fingerprint density at radius 1 is 1.32 bits per heavy atom. The molecule has 22 heavy (non-hydrogen) atoms. The van der Waals surface area contributed by atoms with Gasteiger partial charge in [-0.15, -0.1) is 0 Å². The van der Waals surface area contributed by atoms with Gasteiger partial charge in [0.1, 0.15) is 23.4 Å². The van der Waals surface area contributed by atoms with E-state index in [1.165, 1.54) is 6.07 Å². The van der Waals surface area contributed by atoms with Crippen molar-refractivity contribution in [2.45, 2.75) is 18.8 Å². The van der Waals surface area contributed by atoms with E-state index in [1.807, 2.05) is 11.9 Å². The summed E-state index contributed by atoms with van der Waals surface area (Å²) in [5.41, 5.74) is 0. The van der Waals surface area contributed by atoms with Gasteiger partial charge in [-0.1, -0.05) is 23.7 Å². The molecule has 0 radical (unpaired) electrons. The molecule has 0 atom stereocenters. The summed E-state index contributed by atoms with van der Waals surface area (Å²) in [5.74, 6) is 1.92. The minimum atomic E-state index is -0.355. The molecule has 1 fully saturated rings. The fourth-order valence-corrected chi connectivity index (χ4v) is 2.30. The quantitative estimate of drug-likeness (QED) is 0.761. The van der Waals surface area contributed by atoms with Crippen LogP contribution in [0, 0.1) is 5.82 Å². The molecule has 3 rings (SSSR count). The van der Waals surface area contributed by atoms with Crippen LogP contribution in [-0.4, -0.2) is 30.2 Å². The number of ether oxygens (including phenoxy) is 1. The number of aromatic nitrogens is 2. The number of benzene rings is 1. The third-order valence-corrected chi connectivity index (χ3v) is 3.75. The summed E-state index contributed by atoms with van der Waals surface area (Å²) in [7, 11) is 1.90. The van der Waals surface area contributed by atoms with E-state index in [-0.39, 0.29) is 11.6 Å². The number of nitrogens with zero attached hydrogens (tertiary/aromatic N) is 3. The van der Waals surface area contributed by atoms with Gasteiger partial charge in [0.05, 0.1) is 6.54 Å². The maximum absolute atomic E-state index is 13.5. The Kier molecular flexibility index (Phi) is 4.43. The molecule has 1 aromatic carbocycles. The lowest BCUT2D eigenvalue weighted by Crippen LogP contribution is -2.25. The molecule has 0 N–H and O–H groups in total. The predicted octanol–water partition coefficient (Wildman–Crippen LogP) is 3.66. The van der Waals surface area contributed by atoms with Crippen LogP contribution in [0.15, 0.2) is 30.3 Å². The number of hydrogen-bond donors (Lipinski definition) is 0. The minimum absolute atomic E-state index is 0.260. The van der Waals surface area contributed by atoms with E-state index in [9.17, 15) is 4.39 Å². The second kappa shape index (κ2) is 6.48. The lowest BCUT2D eigenvalue weighted by molar-refractivity contribution is 0.309. The van der Waals surface area contributed by atoms with Gasteiger partial charge in [0.15, 0.2) is 11.6 Å². The minimum Gasteiger partial charge on any atom is -0.489 e. The summed E-state index contributed by atoms with van der Waals surface area (Å²) in [5, 5.41) is 0.453. The van der Waals surface area contributed by atoms with Crippen LogP contribution in [0.2, 0.25) is 5.15 Å². The van der Waals surface area contributed by atoms with Crippen LogP contribution < -0.4 is 9.64 Å². The fourth-order valence-electron chi connectivity index (χ4n) is 2.11. The molecule has 116 valence electrons. The molecule has 0 aliphatic heterocycles. The topological polar surface area (TPSA) is 38.2 Å². The molecule has 6 heteroatoms. The van der Waals surface area contributed by atoms with Crippen molar-refractivity contribution in [3.63, 3.8) is 0 Å². The third-order valence-electron chi connectivity index (χ3n) is 3.55. The predicted molar refractivity (Wildman–Crippen MR) is 84.2 cm³/mol. The maximum Gasteiger partial charge on any atom is 0.165 e. The van der Waals surface area contributed by atoms with Crippen LogP contribution in [0.3, 0.4) is 0 Å². The molecule has 1 aromatic heterocycles. The van der Waals surface area contributed by atoms with Crippen molar-refractivity contribution in [3.8, 4) is 5.75 Å². The molecular formula is C16H17ClFN3O. The van der Waals surface area contributed by atoms with Crippen LogP contribution in [0.4, 0.5) is 10.2 Å². The normalized spacial score (nSPS) is 14.0. The van der Waals surface area contributed by atoms with Gasteiger partial charge in [-0.2, -0.15) is 0 Å². The van der Waals surface area contributed by atoms with E-state index in [2.05, 4.69) is 9.97 Å². The first-order valence-corrected chi connectivity index (χ1v) is 7.64. The van der Waals surface area contributed by atoms with E-state index in [1.54, 1.807) is 24.3 Å². The number of para-hydroxylation sites is 1. The van der Waals surface area contributed by atoms with Crippen molar-refractivity contribution < 1.29 is 9.13 Å². The Bertz CT molecular complexity index is 664. The van der Waals surface area contributed by atoms with Crippen molar-refractivity contribution in [1.29, 1.82) is 0 Å². The monoisotopic (exact) mass is 321 g/mol. The molecule has 0 saturated heterocycles. The lowest BCUT2D eigenvalue weighted by Gasteiger charge is -2.19. The van der Waals surface area contributed by atoms with Gasteiger partial charge < -0.3 is 9.64 Å². The van der Waals surface area contributed by atoms with Crippen LogP contribution >= 0.6 is 11.6 Å². The van der Waals surface area contributed by atoms with E-state index >= 15 is 0 Å². The first-order valence-electron chi connectivity index (χ1n) is 7.26. The average molecular weight is 322 g/mol. The standard InChI is InChI=1S/C16H17ClFN3O/c1-21(8-9-22-13-5-3-2-4-12(13)18)15-10-14(17)19-16(20-15)11-6-7-11/h2-5,10-11H,6-9H2,1H3. The van der Waals surface area contributed by atoms with Crippen molar-refractivity contribution in [2.75, 3.05) is 25.1 Å². The molecule has 0 bridgehead atoms. The number of rotatable bonds is 6. The zero-order valence-electron chi connectivity index (χ0n) is 12.3. The number of anilines is 1. The third kappa shape index (κ3) is 3.65. The highest BCUT2D eigenvalue weighted by molar-refractivity contribution is 6.29. The first-order chi connectivity index (χ1) is 10.6. The van der Waals surface area contributed by atoms with Gasteiger partial charge >= 0.3 is 0 Å². The molecule has 1 heterocycles. The maximum atomic E-state index is 13.5. The summed E-state index contributed by atoms with van der Waals surface area (Å²) in [6, 6.07) is 8.11. The molecular weight excluding hydrogens is 305 g/mol. The van der Waals surface area contributed by atoms with Crippen molar-refractivity contribution in [2.24, 2.45) is 0 Å². The molecule has 0 amide bonds. The Labute approximate surface area is 133 Å². The van der Waals surface area contributed by atoms with Gasteiger partial charge in [-0.05, 0) is 25.0 Å². The number of likely N-dealkylation sites (N-methyl/N-ethyl adjacent to an activating group) is 1. The largest absolute Gasteiger partial charge is 0.489 e.